The van der Waals surface area contributed by atoms with Crippen molar-refractivity contribution >= 4 is 5.91 Å². The number of rotatable bonds is 4. The first-order valence-corrected chi connectivity index (χ1v) is 9.64. The number of nitrogens with one attached hydrogen (secondary N) is 1. The van der Waals surface area contributed by atoms with Crippen molar-refractivity contribution in [2.75, 3.05) is 13.2 Å². The van der Waals surface area contributed by atoms with E-state index in [1.165, 1.54) is 0 Å². The second kappa shape index (κ2) is 7.36. The van der Waals surface area contributed by atoms with Gasteiger partial charge in [0.25, 0.3) is 5.91 Å². The molecule has 0 bridgehead atoms. The van der Waals surface area contributed by atoms with Crippen LogP contribution < -0.4 is 10.1 Å². The van der Waals surface area contributed by atoms with Gasteiger partial charge in [0.1, 0.15) is 11.4 Å². The molecule has 0 radical (unpaired) electrons. The number of fused-ring (bicyclic) bond motifs is 1. The van der Waals surface area contributed by atoms with Crippen LogP contribution in [0.25, 0.3) is 0 Å². The summed E-state index contributed by atoms with van der Waals surface area (Å²) >= 11 is 0. The molecule has 1 aromatic carbocycles. The Balaban J connectivity index is 1.69. The molecule has 1 fully saturated rings. The zero-order valence-corrected chi connectivity index (χ0v) is 15.6. The van der Waals surface area contributed by atoms with E-state index in [0.717, 1.165) is 30.6 Å². The molecule has 1 aromatic rings. The molecule has 1 aliphatic heterocycles. The Hall–Kier alpha value is -1.55. The Morgan fingerprint density at radius 2 is 2.08 bits per heavy atom. The molecule has 3 rings (SSSR count). The third-order valence-corrected chi connectivity index (χ3v) is 6.03. The average Bonchev–Trinajstić information content (AvgIpc) is 2.59. The van der Waals surface area contributed by atoms with Crippen LogP contribution in [-0.2, 0) is 4.79 Å². The van der Waals surface area contributed by atoms with E-state index in [1.807, 2.05) is 18.2 Å². The number of hydrogen-bond acceptors (Lipinski definition) is 3. The quantitative estimate of drug-likeness (QED) is 0.878. The first kappa shape index (κ1) is 18.2. The van der Waals surface area contributed by atoms with Gasteiger partial charge in [-0.1, -0.05) is 45.4 Å². The minimum absolute atomic E-state index is 0.0330. The Morgan fingerprint density at radius 1 is 1.32 bits per heavy atom. The number of hydrogen-bond donors (Lipinski definition) is 2. The number of carbonyl (C=O) groups excluding carboxylic acids is 1. The molecule has 138 valence electrons. The van der Waals surface area contributed by atoms with Gasteiger partial charge in [0.2, 0.25) is 0 Å². The smallest absolute Gasteiger partial charge is 0.252 e. The Kier molecular flexibility index (Phi) is 5.38. The summed E-state index contributed by atoms with van der Waals surface area (Å²) in [5.41, 5.74) is -0.0882. The predicted octanol–water partition coefficient (Wildman–Crippen LogP) is 3.49. The predicted molar refractivity (Wildman–Crippen MR) is 98.6 cm³/mol. The molecule has 4 heteroatoms. The van der Waals surface area contributed by atoms with E-state index in [-0.39, 0.29) is 17.7 Å². The molecule has 2 aliphatic rings. The highest BCUT2D eigenvalue weighted by Gasteiger charge is 2.48. The van der Waals surface area contributed by atoms with Crippen molar-refractivity contribution in [2.45, 2.75) is 58.0 Å². The Labute approximate surface area is 151 Å². The average molecular weight is 345 g/mol. The molecule has 1 saturated carbocycles. The second-order valence-electron chi connectivity index (χ2n) is 8.24. The SMILES string of the molecule is CC1CCC(C(C)C)C(O)(C(=O)NCC2CCOc3ccccc32)C1. The highest BCUT2D eigenvalue weighted by Crippen LogP contribution is 2.41. The summed E-state index contributed by atoms with van der Waals surface area (Å²) in [5, 5.41) is 14.3. The van der Waals surface area contributed by atoms with Crippen LogP contribution in [-0.4, -0.2) is 29.8 Å². The van der Waals surface area contributed by atoms with Gasteiger partial charge in [0, 0.05) is 12.5 Å². The van der Waals surface area contributed by atoms with E-state index >= 15 is 0 Å². The van der Waals surface area contributed by atoms with Crippen LogP contribution in [0.3, 0.4) is 0 Å². The number of ether oxygens (including phenoxy) is 1. The third kappa shape index (κ3) is 3.69. The number of para-hydroxylation sites is 1. The molecule has 0 spiro atoms. The molecule has 1 heterocycles. The number of aliphatic hydroxyl groups is 1. The molecule has 1 aliphatic carbocycles. The van der Waals surface area contributed by atoms with Crippen LogP contribution in [0.1, 0.15) is 57.9 Å². The van der Waals surface area contributed by atoms with Crippen molar-refractivity contribution < 1.29 is 14.6 Å². The lowest BCUT2D eigenvalue weighted by atomic mass is 9.66. The van der Waals surface area contributed by atoms with E-state index in [2.05, 4.69) is 32.2 Å². The summed E-state index contributed by atoms with van der Waals surface area (Å²) in [6.07, 6.45) is 3.46. The van der Waals surface area contributed by atoms with Gasteiger partial charge in [-0.15, -0.1) is 0 Å². The van der Waals surface area contributed by atoms with Gasteiger partial charge in [-0.25, -0.2) is 0 Å². The molecule has 2 N–H and O–H groups in total. The Bertz CT molecular complexity index is 615. The summed E-state index contributed by atoms with van der Waals surface area (Å²) in [7, 11) is 0. The molecule has 4 nitrogen and oxygen atoms in total. The summed E-state index contributed by atoms with van der Waals surface area (Å²) < 4.78 is 5.70. The molecular weight excluding hydrogens is 314 g/mol. The fourth-order valence-corrected chi connectivity index (χ4v) is 4.63. The molecule has 1 amide bonds. The second-order valence-corrected chi connectivity index (χ2v) is 8.24. The highest BCUT2D eigenvalue weighted by atomic mass is 16.5. The van der Waals surface area contributed by atoms with Crippen molar-refractivity contribution in [3.63, 3.8) is 0 Å². The van der Waals surface area contributed by atoms with E-state index in [1.54, 1.807) is 0 Å². The van der Waals surface area contributed by atoms with Gasteiger partial charge in [-0.3, -0.25) is 4.79 Å². The molecule has 0 aromatic heterocycles. The van der Waals surface area contributed by atoms with Crippen LogP contribution >= 0.6 is 0 Å². The van der Waals surface area contributed by atoms with Gasteiger partial charge in [-0.05, 0) is 48.6 Å². The maximum absolute atomic E-state index is 12.9. The Morgan fingerprint density at radius 3 is 2.84 bits per heavy atom. The summed E-state index contributed by atoms with van der Waals surface area (Å²) in [6, 6.07) is 8.03. The number of carbonyl (C=O) groups is 1. The van der Waals surface area contributed by atoms with Gasteiger partial charge < -0.3 is 15.2 Å². The highest BCUT2D eigenvalue weighted by molar-refractivity contribution is 5.85. The summed E-state index contributed by atoms with van der Waals surface area (Å²) in [5.74, 6) is 1.68. The first-order chi connectivity index (χ1) is 11.9. The van der Waals surface area contributed by atoms with Crippen molar-refractivity contribution in [1.82, 2.24) is 5.32 Å². The monoisotopic (exact) mass is 345 g/mol. The van der Waals surface area contributed by atoms with Crippen molar-refractivity contribution in [2.24, 2.45) is 17.8 Å². The van der Waals surface area contributed by atoms with E-state index in [0.29, 0.717) is 31.4 Å². The number of benzene rings is 1. The van der Waals surface area contributed by atoms with Crippen molar-refractivity contribution in [3.8, 4) is 5.75 Å². The van der Waals surface area contributed by atoms with E-state index in [4.69, 9.17) is 4.74 Å². The summed E-state index contributed by atoms with van der Waals surface area (Å²) in [6.45, 7) is 7.57. The van der Waals surface area contributed by atoms with Gasteiger partial charge >= 0.3 is 0 Å². The lowest BCUT2D eigenvalue weighted by molar-refractivity contribution is -0.155. The van der Waals surface area contributed by atoms with Crippen molar-refractivity contribution in [1.29, 1.82) is 0 Å². The fourth-order valence-electron chi connectivity index (χ4n) is 4.63. The van der Waals surface area contributed by atoms with Gasteiger partial charge in [0.15, 0.2) is 0 Å². The first-order valence-electron chi connectivity index (χ1n) is 9.64. The van der Waals surface area contributed by atoms with Crippen molar-refractivity contribution in [3.05, 3.63) is 29.8 Å². The normalized spacial score (nSPS) is 32.0. The standard InChI is InChI=1S/C21H31NO3/c1-14(2)18-9-8-15(3)12-21(18,24)20(23)22-13-16-10-11-25-19-7-5-4-6-17(16)19/h4-7,14-16,18,24H,8-13H2,1-3H3,(H,22,23). The zero-order chi connectivity index (χ0) is 18.0. The van der Waals surface area contributed by atoms with Crippen LogP contribution in [0.2, 0.25) is 0 Å². The van der Waals surface area contributed by atoms with Gasteiger partial charge in [-0.2, -0.15) is 0 Å². The number of amides is 1. The molecular formula is C21H31NO3. The third-order valence-electron chi connectivity index (χ3n) is 6.03. The topological polar surface area (TPSA) is 58.6 Å². The maximum Gasteiger partial charge on any atom is 0.252 e. The van der Waals surface area contributed by atoms with Crippen LogP contribution in [0.15, 0.2) is 24.3 Å². The zero-order valence-electron chi connectivity index (χ0n) is 15.6. The maximum atomic E-state index is 12.9. The van der Waals surface area contributed by atoms with Gasteiger partial charge in [0.05, 0.1) is 6.61 Å². The largest absolute Gasteiger partial charge is 0.493 e. The molecule has 0 saturated heterocycles. The lowest BCUT2D eigenvalue weighted by Gasteiger charge is -2.43. The minimum Gasteiger partial charge on any atom is -0.493 e. The molecule has 4 unspecified atom stereocenters. The van der Waals surface area contributed by atoms with Crippen LogP contribution in [0.5, 0.6) is 5.75 Å². The minimum atomic E-state index is -1.24. The lowest BCUT2D eigenvalue weighted by Crippen LogP contribution is -2.56. The van der Waals surface area contributed by atoms with Crippen LogP contribution in [0.4, 0.5) is 0 Å². The van der Waals surface area contributed by atoms with E-state index in [9.17, 15) is 9.90 Å². The van der Waals surface area contributed by atoms with E-state index < -0.39 is 5.60 Å². The van der Waals surface area contributed by atoms with Crippen LogP contribution in [0, 0.1) is 17.8 Å². The molecule has 25 heavy (non-hydrogen) atoms. The summed E-state index contributed by atoms with van der Waals surface area (Å²) in [4.78, 5) is 12.9. The molecule has 4 atom stereocenters. The fraction of sp³-hybridized carbons (Fsp3) is 0.667.